The standard InChI is InChI=1S/C11H17N3/c1-8-4-5-12-6-10(8)11-7-13-9(2)14(11)3/h7,12H,4-6H2,1-3H3. The van der Waals surface area contributed by atoms with E-state index in [-0.39, 0.29) is 0 Å². The maximum atomic E-state index is 4.33. The van der Waals surface area contributed by atoms with Gasteiger partial charge in [0, 0.05) is 13.6 Å². The summed E-state index contributed by atoms with van der Waals surface area (Å²) in [7, 11) is 2.08. The van der Waals surface area contributed by atoms with Gasteiger partial charge in [-0.25, -0.2) is 4.98 Å². The second-order valence-corrected chi connectivity index (χ2v) is 3.94. The van der Waals surface area contributed by atoms with E-state index in [0.717, 1.165) is 25.3 Å². The summed E-state index contributed by atoms with van der Waals surface area (Å²) in [6.45, 7) is 6.34. The summed E-state index contributed by atoms with van der Waals surface area (Å²) in [6.07, 6.45) is 3.13. The number of rotatable bonds is 1. The first-order chi connectivity index (χ1) is 6.70. The fourth-order valence-electron chi connectivity index (χ4n) is 1.88. The van der Waals surface area contributed by atoms with Crippen LogP contribution >= 0.6 is 0 Å². The Bertz CT molecular complexity index is 374. The Kier molecular flexibility index (Phi) is 2.42. The van der Waals surface area contributed by atoms with E-state index in [4.69, 9.17) is 0 Å². The minimum Gasteiger partial charge on any atom is -0.332 e. The Balaban J connectivity index is 2.43. The van der Waals surface area contributed by atoms with Gasteiger partial charge in [0.2, 0.25) is 0 Å². The predicted octanol–water partition coefficient (Wildman–Crippen LogP) is 1.50. The summed E-state index contributed by atoms with van der Waals surface area (Å²) in [5.74, 6) is 1.07. The van der Waals surface area contributed by atoms with Gasteiger partial charge in [-0.3, -0.25) is 0 Å². The van der Waals surface area contributed by atoms with E-state index in [1.165, 1.54) is 16.8 Å². The maximum absolute atomic E-state index is 4.33. The van der Waals surface area contributed by atoms with Gasteiger partial charge in [0.1, 0.15) is 5.82 Å². The second-order valence-electron chi connectivity index (χ2n) is 3.94. The third-order valence-electron chi connectivity index (χ3n) is 3.02. The van der Waals surface area contributed by atoms with Crippen molar-refractivity contribution in [1.29, 1.82) is 0 Å². The van der Waals surface area contributed by atoms with Gasteiger partial charge in [-0.2, -0.15) is 0 Å². The fraction of sp³-hybridized carbons (Fsp3) is 0.545. The molecule has 2 heterocycles. The lowest BCUT2D eigenvalue weighted by atomic mass is 10.0. The smallest absolute Gasteiger partial charge is 0.105 e. The van der Waals surface area contributed by atoms with Crippen LogP contribution in [0.4, 0.5) is 0 Å². The van der Waals surface area contributed by atoms with Crippen LogP contribution in [0.5, 0.6) is 0 Å². The van der Waals surface area contributed by atoms with E-state index in [0.29, 0.717) is 0 Å². The van der Waals surface area contributed by atoms with Crippen molar-refractivity contribution < 1.29 is 0 Å². The summed E-state index contributed by atoms with van der Waals surface area (Å²) in [5.41, 5.74) is 4.17. The molecular weight excluding hydrogens is 174 g/mol. The first-order valence-corrected chi connectivity index (χ1v) is 5.08. The lowest BCUT2D eigenvalue weighted by Crippen LogP contribution is -2.24. The molecule has 0 spiro atoms. The van der Waals surface area contributed by atoms with Crippen LogP contribution in [-0.2, 0) is 7.05 Å². The molecule has 1 aromatic rings. The lowest BCUT2D eigenvalue weighted by molar-refractivity contribution is 0.707. The molecular formula is C11H17N3. The van der Waals surface area contributed by atoms with Gasteiger partial charge in [-0.15, -0.1) is 0 Å². The number of imidazole rings is 1. The Labute approximate surface area is 84.8 Å². The quantitative estimate of drug-likeness (QED) is 0.729. The molecule has 0 saturated heterocycles. The van der Waals surface area contributed by atoms with Crippen molar-refractivity contribution in [3.63, 3.8) is 0 Å². The van der Waals surface area contributed by atoms with Crippen LogP contribution in [0, 0.1) is 6.92 Å². The molecule has 0 amide bonds. The highest BCUT2D eigenvalue weighted by atomic mass is 15.1. The van der Waals surface area contributed by atoms with Crippen molar-refractivity contribution >= 4 is 5.57 Å². The Morgan fingerprint density at radius 1 is 1.43 bits per heavy atom. The molecule has 0 atom stereocenters. The lowest BCUT2D eigenvalue weighted by Gasteiger charge is -2.19. The van der Waals surface area contributed by atoms with Gasteiger partial charge in [0.05, 0.1) is 11.9 Å². The number of nitrogens with zero attached hydrogens (tertiary/aromatic N) is 2. The Morgan fingerprint density at radius 2 is 2.21 bits per heavy atom. The average Bonchev–Trinajstić information content (AvgIpc) is 2.49. The zero-order valence-corrected chi connectivity index (χ0v) is 9.09. The fourth-order valence-corrected chi connectivity index (χ4v) is 1.88. The van der Waals surface area contributed by atoms with Crippen LogP contribution in [0.15, 0.2) is 11.8 Å². The van der Waals surface area contributed by atoms with Crippen molar-refractivity contribution in [1.82, 2.24) is 14.9 Å². The molecule has 0 aliphatic carbocycles. The maximum Gasteiger partial charge on any atom is 0.105 e. The molecule has 1 aliphatic rings. The molecule has 0 bridgehead atoms. The molecule has 3 heteroatoms. The predicted molar refractivity (Wildman–Crippen MR) is 58.0 cm³/mol. The molecule has 0 unspecified atom stereocenters. The van der Waals surface area contributed by atoms with E-state index < -0.39 is 0 Å². The van der Waals surface area contributed by atoms with Crippen LogP contribution in [0.3, 0.4) is 0 Å². The normalized spacial score (nSPS) is 17.6. The summed E-state index contributed by atoms with van der Waals surface area (Å²) in [6, 6.07) is 0. The van der Waals surface area contributed by atoms with Gasteiger partial charge in [-0.05, 0) is 32.4 Å². The SMILES string of the molecule is CC1=C(c2cnc(C)n2C)CNCC1. The summed E-state index contributed by atoms with van der Waals surface area (Å²) >= 11 is 0. The van der Waals surface area contributed by atoms with Crippen molar-refractivity contribution in [3.8, 4) is 0 Å². The van der Waals surface area contributed by atoms with E-state index in [2.05, 4.69) is 28.8 Å². The first-order valence-electron chi connectivity index (χ1n) is 5.08. The highest BCUT2D eigenvalue weighted by Gasteiger charge is 2.14. The van der Waals surface area contributed by atoms with Crippen molar-refractivity contribution in [2.75, 3.05) is 13.1 Å². The van der Waals surface area contributed by atoms with Gasteiger partial charge < -0.3 is 9.88 Å². The number of aromatic nitrogens is 2. The van der Waals surface area contributed by atoms with E-state index >= 15 is 0 Å². The number of hydrogen-bond acceptors (Lipinski definition) is 2. The van der Waals surface area contributed by atoms with Crippen LogP contribution in [0.25, 0.3) is 5.57 Å². The molecule has 1 N–H and O–H groups in total. The van der Waals surface area contributed by atoms with Crippen LogP contribution in [0.1, 0.15) is 24.9 Å². The third kappa shape index (κ3) is 1.48. The highest BCUT2D eigenvalue weighted by Crippen LogP contribution is 2.22. The Hall–Kier alpha value is -1.09. The summed E-state index contributed by atoms with van der Waals surface area (Å²) < 4.78 is 2.16. The molecule has 76 valence electrons. The minimum atomic E-state index is 0.977. The largest absolute Gasteiger partial charge is 0.332 e. The van der Waals surface area contributed by atoms with Crippen LogP contribution in [0.2, 0.25) is 0 Å². The molecule has 0 fully saturated rings. The second kappa shape index (κ2) is 3.58. The van der Waals surface area contributed by atoms with Crippen LogP contribution < -0.4 is 5.32 Å². The molecule has 2 rings (SSSR count). The molecule has 3 nitrogen and oxygen atoms in total. The number of aryl methyl sites for hydroxylation is 1. The average molecular weight is 191 g/mol. The monoisotopic (exact) mass is 191 g/mol. The first kappa shape index (κ1) is 9.46. The molecule has 1 aromatic heterocycles. The molecule has 14 heavy (non-hydrogen) atoms. The molecule has 1 aliphatic heterocycles. The van der Waals surface area contributed by atoms with Crippen molar-refractivity contribution in [3.05, 3.63) is 23.3 Å². The number of nitrogens with one attached hydrogen (secondary N) is 1. The summed E-state index contributed by atoms with van der Waals surface area (Å²) in [5, 5.41) is 3.40. The Morgan fingerprint density at radius 3 is 2.79 bits per heavy atom. The highest BCUT2D eigenvalue weighted by molar-refractivity contribution is 5.68. The van der Waals surface area contributed by atoms with E-state index in [1.54, 1.807) is 0 Å². The molecule has 0 saturated carbocycles. The minimum absolute atomic E-state index is 0.977. The van der Waals surface area contributed by atoms with E-state index in [1.807, 2.05) is 13.1 Å². The van der Waals surface area contributed by atoms with Gasteiger partial charge in [0.25, 0.3) is 0 Å². The molecule has 0 radical (unpaired) electrons. The topological polar surface area (TPSA) is 29.9 Å². The van der Waals surface area contributed by atoms with Gasteiger partial charge in [-0.1, -0.05) is 5.57 Å². The summed E-state index contributed by atoms with van der Waals surface area (Å²) in [4.78, 5) is 4.33. The third-order valence-corrected chi connectivity index (χ3v) is 3.02. The number of hydrogen-bond donors (Lipinski definition) is 1. The van der Waals surface area contributed by atoms with Crippen molar-refractivity contribution in [2.24, 2.45) is 7.05 Å². The van der Waals surface area contributed by atoms with Gasteiger partial charge in [0.15, 0.2) is 0 Å². The van der Waals surface area contributed by atoms with Crippen LogP contribution in [-0.4, -0.2) is 22.6 Å². The zero-order valence-electron chi connectivity index (χ0n) is 9.09. The molecule has 0 aromatic carbocycles. The van der Waals surface area contributed by atoms with Gasteiger partial charge >= 0.3 is 0 Å². The zero-order chi connectivity index (χ0) is 10.1. The van der Waals surface area contributed by atoms with Crippen molar-refractivity contribution in [2.45, 2.75) is 20.3 Å². The van der Waals surface area contributed by atoms with E-state index in [9.17, 15) is 0 Å².